The maximum atomic E-state index is 10.7. The van der Waals surface area contributed by atoms with Crippen molar-refractivity contribution in [3.8, 4) is 0 Å². The second-order valence-electron chi connectivity index (χ2n) is 3.89. The van der Waals surface area contributed by atoms with E-state index in [0.29, 0.717) is 5.56 Å². The molecule has 0 unspecified atom stereocenters. The first kappa shape index (κ1) is 16.2. The third-order valence-corrected chi connectivity index (χ3v) is 5.51. The van der Waals surface area contributed by atoms with Gasteiger partial charge in [-0.3, -0.25) is 0 Å². The van der Waals surface area contributed by atoms with Crippen LogP contribution in [0.15, 0.2) is 24.3 Å². The number of nitrogens with one attached hydrogen (secondary N) is 1. The van der Waals surface area contributed by atoms with Gasteiger partial charge in [0.05, 0.1) is 16.7 Å². The van der Waals surface area contributed by atoms with Gasteiger partial charge in [0.1, 0.15) is 0 Å². The first-order valence-electron chi connectivity index (χ1n) is 5.72. The Labute approximate surface area is 117 Å². The van der Waals surface area contributed by atoms with Crippen molar-refractivity contribution in [1.29, 1.82) is 5.53 Å². The summed E-state index contributed by atoms with van der Waals surface area (Å²) in [7, 11) is 1.64. The maximum Gasteiger partial charge on any atom is 0.536 e. The molecule has 0 saturated carbocycles. The van der Waals surface area contributed by atoms with E-state index in [0.717, 1.165) is 5.19 Å². The van der Waals surface area contributed by atoms with Gasteiger partial charge < -0.3 is 23.2 Å². The molecule has 8 heteroatoms. The van der Waals surface area contributed by atoms with Crippen LogP contribution in [0.25, 0.3) is 0 Å². The highest BCUT2D eigenvalue weighted by Gasteiger charge is 2.40. The predicted octanol–water partition coefficient (Wildman–Crippen LogP) is -1.26. The molecule has 0 aromatic heterocycles. The van der Waals surface area contributed by atoms with Gasteiger partial charge in [0.15, 0.2) is 5.97 Å². The Kier molecular flexibility index (Phi) is 5.75. The lowest BCUT2D eigenvalue weighted by Gasteiger charge is -2.24. The summed E-state index contributed by atoms with van der Waals surface area (Å²) in [5.74, 6) is -1.45. The van der Waals surface area contributed by atoms with Crippen LogP contribution in [0.3, 0.4) is 0 Å². The number of hydrogen-bond acceptors (Lipinski definition) is 6. The van der Waals surface area contributed by atoms with Crippen LogP contribution in [-0.4, -0.2) is 46.6 Å². The first-order valence-corrected chi connectivity index (χ1v) is 7.45. The lowest BCUT2D eigenvalue weighted by molar-refractivity contribution is -0.299. The van der Waals surface area contributed by atoms with Gasteiger partial charge in [0.25, 0.3) is 0 Å². The van der Waals surface area contributed by atoms with Crippen LogP contribution in [0.2, 0.25) is 0 Å². The summed E-state index contributed by atoms with van der Waals surface area (Å²) >= 11 is 0. The molecule has 1 aromatic carbocycles. The fourth-order valence-electron chi connectivity index (χ4n) is 1.78. The van der Waals surface area contributed by atoms with Crippen molar-refractivity contribution in [3.63, 3.8) is 0 Å². The minimum atomic E-state index is -2.88. The Hall–Kier alpha value is -1.83. The third-order valence-electron chi connectivity index (χ3n) is 2.86. The molecule has 0 spiro atoms. The molecule has 0 fully saturated rings. The van der Waals surface area contributed by atoms with Crippen molar-refractivity contribution >= 4 is 25.7 Å². The molecule has 0 amide bonds. The van der Waals surface area contributed by atoms with E-state index in [4.69, 9.17) is 18.8 Å². The molecule has 20 heavy (non-hydrogen) atoms. The Morgan fingerprint density at radius 3 is 2.05 bits per heavy atom. The molecular weight excluding hydrogens is 280 g/mol. The number of nitrogens with zero attached hydrogens (tertiary/aromatic N) is 1. The molecule has 0 aliphatic carbocycles. The molecule has 0 atom stereocenters. The Bertz CT molecular complexity index is 513. The smallest absolute Gasteiger partial charge is 0.536 e. The van der Waals surface area contributed by atoms with E-state index < -0.39 is 14.8 Å². The van der Waals surface area contributed by atoms with Crippen molar-refractivity contribution in [2.75, 3.05) is 21.3 Å². The van der Waals surface area contributed by atoms with Gasteiger partial charge in [-0.25, -0.2) is 0 Å². The summed E-state index contributed by atoms with van der Waals surface area (Å²) in [5.41, 5.74) is 7.15. The highest BCUT2D eigenvalue weighted by Crippen LogP contribution is 2.08. The average molecular weight is 296 g/mol. The molecule has 1 aromatic rings. The number of carbonyl (C=O) groups excluding carboxylic acids is 1. The number of carboxylic acids is 1. The van der Waals surface area contributed by atoms with Gasteiger partial charge in [-0.05, 0) is 5.56 Å². The lowest BCUT2D eigenvalue weighted by atomic mass is 10.1. The van der Waals surface area contributed by atoms with Crippen LogP contribution in [0, 0.1) is 5.53 Å². The minimum Gasteiger partial charge on any atom is -0.539 e. The Morgan fingerprint density at radius 1 is 1.20 bits per heavy atom. The molecular formula is C12H16N2O5Si. The topological polar surface area (TPSA) is 106 Å². The predicted molar refractivity (Wildman–Crippen MR) is 69.6 cm³/mol. The van der Waals surface area contributed by atoms with Gasteiger partial charge in [0.2, 0.25) is 0 Å². The van der Waals surface area contributed by atoms with Crippen LogP contribution in [0.5, 0.6) is 0 Å². The summed E-state index contributed by atoms with van der Waals surface area (Å²) in [6.45, 7) is 0. The molecule has 0 radical (unpaired) electrons. The van der Waals surface area contributed by atoms with Gasteiger partial charge in [-0.1, -0.05) is 24.3 Å². The molecule has 7 nitrogen and oxygen atoms in total. The molecule has 1 N–H and O–H groups in total. The number of benzene rings is 1. The summed E-state index contributed by atoms with van der Waals surface area (Å²) in [6.07, 6.45) is 0.0214. The van der Waals surface area contributed by atoms with E-state index in [-0.39, 0.29) is 12.1 Å². The van der Waals surface area contributed by atoms with E-state index in [2.05, 4.69) is 4.79 Å². The van der Waals surface area contributed by atoms with Gasteiger partial charge in [0, 0.05) is 26.5 Å². The minimum absolute atomic E-state index is 0.0214. The quantitative estimate of drug-likeness (QED) is 0.293. The normalized spacial score (nSPS) is 10.9. The number of carboxylic acid groups (broad SMARTS) is 1. The fourth-order valence-corrected chi connectivity index (χ4v) is 3.56. The van der Waals surface area contributed by atoms with E-state index in [1.165, 1.54) is 21.3 Å². The Morgan fingerprint density at radius 2 is 1.70 bits per heavy atom. The molecule has 108 valence electrons. The molecule has 0 bridgehead atoms. The van der Waals surface area contributed by atoms with Crippen molar-refractivity contribution < 1.29 is 28.0 Å². The largest absolute Gasteiger partial charge is 0.539 e. The van der Waals surface area contributed by atoms with Crippen molar-refractivity contribution in [2.45, 2.75) is 6.42 Å². The SMILES string of the molecule is CO[Si](OC)(OC)c1ccc(CC(=[N+]=N)C(=O)[O-])cc1. The maximum absolute atomic E-state index is 10.7. The molecule has 1 rings (SSSR count). The number of carbonyl (C=O) groups is 1. The number of hydrogen-bond donors (Lipinski definition) is 1. The monoisotopic (exact) mass is 296 g/mol. The zero-order chi connectivity index (χ0) is 15.2. The highest BCUT2D eigenvalue weighted by atomic mass is 28.4. The first-order chi connectivity index (χ1) is 9.52. The zero-order valence-corrected chi connectivity index (χ0v) is 12.5. The van der Waals surface area contributed by atoms with Gasteiger partial charge in [-0.15, -0.1) is 0 Å². The summed E-state index contributed by atoms with van der Waals surface area (Å²) < 4.78 is 16.0. The second kappa shape index (κ2) is 7.08. The average Bonchev–Trinajstić information content (AvgIpc) is 2.48. The Balaban J connectivity index is 2.99. The molecule has 0 aliphatic rings. The van der Waals surface area contributed by atoms with Crippen LogP contribution in [0.1, 0.15) is 5.56 Å². The van der Waals surface area contributed by atoms with Crippen molar-refractivity contribution in [1.82, 2.24) is 0 Å². The third kappa shape index (κ3) is 3.38. The fraction of sp³-hybridized carbons (Fsp3) is 0.333. The number of rotatable bonds is 7. The van der Waals surface area contributed by atoms with E-state index >= 15 is 0 Å². The van der Waals surface area contributed by atoms with Gasteiger partial charge >= 0.3 is 14.5 Å². The van der Waals surface area contributed by atoms with E-state index in [1.807, 2.05) is 0 Å². The highest BCUT2D eigenvalue weighted by molar-refractivity contribution is 6.75. The standard InChI is InChI=1S/C12H16N2O5Si/c1-17-20(18-2,19-3)10-6-4-9(5-7-10)8-11(14-13)12(15)16/h4-7,13H,8H2,1-3H3. The van der Waals surface area contributed by atoms with Gasteiger partial charge in [-0.2, -0.15) is 0 Å². The van der Waals surface area contributed by atoms with Crippen LogP contribution in [-0.2, 0) is 24.5 Å². The van der Waals surface area contributed by atoms with Crippen LogP contribution >= 0.6 is 0 Å². The molecule has 0 aliphatic heterocycles. The number of aliphatic carboxylic acids is 1. The van der Waals surface area contributed by atoms with Crippen molar-refractivity contribution in [3.05, 3.63) is 29.8 Å². The second-order valence-corrected chi connectivity index (χ2v) is 6.80. The molecule has 0 heterocycles. The van der Waals surface area contributed by atoms with Crippen molar-refractivity contribution in [2.24, 2.45) is 0 Å². The zero-order valence-electron chi connectivity index (χ0n) is 11.5. The van der Waals surface area contributed by atoms with Crippen LogP contribution < -0.4 is 10.3 Å². The van der Waals surface area contributed by atoms with Crippen LogP contribution in [0.4, 0.5) is 0 Å². The lowest BCUT2D eigenvalue weighted by Crippen LogP contribution is -2.54. The summed E-state index contributed by atoms with van der Waals surface area (Å²) in [5, 5.41) is 11.4. The summed E-state index contributed by atoms with van der Waals surface area (Å²) in [4.78, 5) is 13.6. The summed E-state index contributed by atoms with van der Waals surface area (Å²) in [6, 6.07) is 6.91. The van der Waals surface area contributed by atoms with E-state index in [9.17, 15) is 9.90 Å². The molecule has 0 saturated heterocycles. The van der Waals surface area contributed by atoms with E-state index in [1.54, 1.807) is 24.3 Å².